The molecule has 0 fully saturated rings. The Morgan fingerprint density at radius 3 is 2.50 bits per heavy atom. The normalized spacial score (nSPS) is 10.4. The van der Waals surface area contributed by atoms with Crippen LogP contribution < -0.4 is 4.90 Å². The van der Waals surface area contributed by atoms with Gasteiger partial charge in [0.15, 0.2) is 0 Å². The topological polar surface area (TPSA) is 20.3 Å². The zero-order valence-electron chi connectivity index (χ0n) is 11.6. The van der Waals surface area contributed by atoms with E-state index in [2.05, 4.69) is 34.6 Å². The van der Waals surface area contributed by atoms with Crippen LogP contribution >= 0.6 is 28.6 Å². The molecule has 0 bridgehead atoms. The van der Waals surface area contributed by atoms with Gasteiger partial charge in [-0.2, -0.15) is 0 Å². The van der Waals surface area contributed by atoms with Crippen LogP contribution in [0.3, 0.4) is 0 Å². The van der Waals surface area contributed by atoms with Crippen molar-refractivity contribution in [2.24, 2.45) is 0 Å². The number of anilines is 1. The van der Waals surface area contributed by atoms with Crippen molar-refractivity contribution in [3.63, 3.8) is 0 Å². The Bertz CT molecular complexity index is 670. The lowest BCUT2D eigenvalue weighted by atomic mass is 10.1. The molecule has 20 heavy (non-hydrogen) atoms. The van der Waals surface area contributed by atoms with Gasteiger partial charge in [0.2, 0.25) is 0 Å². The second kappa shape index (κ2) is 6.02. The third-order valence-corrected chi connectivity index (χ3v) is 4.17. The molecule has 0 heterocycles. The molecule has 2 nitrogen and oxygen atoms in total. The number of amides is 1. The number of aryl methyl sites for hydroxylation is 2. The van der Waals surface area contributed by atoms with Gasteiger partial charge in [-0.05, 0) is 59.6 Å². The van der Waals surface area contributed by atoms with Crippen molar-refractivity contribution in [3.05, 3.63) is 57.6 Å². The molecule has 4 heteroatoms. The molecule has 104 valence electrons. The molecule has 0 saturated carbocycles. The number of thiol groups is 1. The zero-order valence-corrected chi connectivity index (χ0v) is 14.1. The largest absolute Gasteiger partial charge is 0.311 e. The van der Waals surface area contributed by atoms with Crippen LogP contribution in [0.5, 0.6) is 0 Å². The first kappa shape index (κ1) is 15.1. The highest BCUT2D eigenvalue weighted by Crippen LogP contribution is 2.26. The maximum absolute atomic E-state index is 12.6. The number of rotatable bonds is 2. The van der Waals surface area contributed by atoms with E-state index in [0.717, 1.165) is 20.6 Å². The first-order valence-corrected chi connectivity index (χ1v) is 7.48. The van der Waals surface area contributed by atoms with E-state index in [1.54, 1.807) is 18.0 Å². The van der Waals surface area contributed by atoms with Crippen molar-refractivity contribution >= 4 is 40.2 Å². The van der Waals surface area contributed by atoms with Gasteiger partial charge in [0.25, 0.3) is 5.91 Å². The highest BCUT2D eigenvalue weighted by atomic mass is 79.9. The van der Waals surface area contributed by atoms with E-state index in [0.29, 0.717) is 5.56 Å². The van der Waals surface area contributed by atoms with E-state index in [1.807, 2.05) is 38.1 Å². The quantitative estimate of drug-likeness (QED) is 0.783. The second-order valence-corrected chi connectivity index (χ2v) is 6.19. The minimum Gasteiger partial charge on any atom is -0.311 e. The van der Waals surface area contributed by atoms with Crippen molar-refractivity contribution < 1.29 is 4.79 Å². The predicted octanol–water partition coefficient (Wildman–Crippen LogP) is 4.63. The number of halogens is 1. The van der Waals surface area contributed by atoms with Gasteiger partial charge in [-0.25, -0.2) is 0 Å². The molecule has 1 amide bonds. The Labute approximate surface area is 133 Å². The van der Waals surface area contributed by atoms with Crippen LogP contribution in [0.1, 0.15) is 21.5 Å². The van der Waals surface area contributed by atoms with Gasteiger partial charge < -0.3 is 4.90 Å². The molecule has 2 aromatic carbocycles. The van der Waals surface area contributed by atoms with E-state index in [4.69, 9.17) is 0 Å². The number of hydrogen-bond donors (Lipinski definition) is 1. The molecule has 2 aromatic rings. The minimum atomic E-state index is -0.0558. The Morgan fingerprint density at radius 1 is 1.15 bits per heavy atom. The van der Waals surface area contributed by atoms with Crippen LogP contribution in [-0.4, -0.2) is 13.0 Å². The van der Waals surface area contributed by atoms with E-state index in [1.165, 1.54) is 5.56 Å². The molecule has 0 aliphatic rings. The van der Waals surface area contributed by atoms with Gasteiger partial charge in [-0.3, -0.25) is 4.79 Å². The molecular weight excluding hydrogens is 334 g/mol. The molecular formula is C16H16BrNOS. The molecule has 0 aromatic heterocycles. The fourth-order valence-electron chi connectivity index (χ4n) is 2.15. The van der Waals surface area contributed by atoms with Crippen molar-refractivity contribution in [3.8, 4) is 0 Å². The van der Waals surface area contributed by atoms with E-state index in [9.17, 15) is 4.79 Å². The lowest BCUT2D eigenvalue weighted by Crippen LogP contribution is -2.27. The zero-order chi connectivity index (χ0) is 14.9. The van der Waals surface area contributed by atoms with Crippen molar-refractivity contribution in [2.45, 2.75) is 18.7 Å². The summed E-state index contributed by atoms with van der Waals surface area (Å²) < 4.78 is 0.775. The maximum atomic E-state index is 12.6. The number of hydrogen-bond acceptors (Lipinski definition) is 2. The summed E-state index contributed by atoms with van der Waals surface area (Å²) in [7, 11) is 1.79. The highest BCUT2D eigenvalue weighted by molar-refractivity contribution is 9.10. The summed E-state index contributed by atoms with van der Waals surface area (Å²) in [5, 5.41) is 0. The lowest BCUT2D eigenvalue weighted by Gasteiger charge is -2.20. The number of nitrogens with zero attached hydrogens (tertiary/aromatic N) is 1. The summed E-state index contributed by atoms with van der Waals surface area (Å²) >= 11 is 7.71. The molecule has 0 spiro atoms. The summed E-state index contributed by atoms with van der Waals surface area (Å²) in [6.45, 7) is 4.05. The van der Waals surface area contributed by atoms with E-state index in [-0.39, 0.29) is 5.91 Å². The molecule has 2 rings (SSSR count). The van der Waals surface area contributed by atoms with Crippen LogP contribution in [0, 0.1) is 13.8 Å². The minimum absolute atomic E-state index is 0.0558. The highest BCUT2D eigenvalue weighted by Gasteiger charge is 2.17. The van der Waals surface area contributed by atoms with Gasteiger partial charge in [0, 0.05) is 22.1 Å². The van der Waals surface area contributed by atoms with Crippen LogP contribution in [0.15, 0.2) is 45.8 Å². The van der Waals surface area contributed by atoms with Crippen molar-refractivity contribution in [1.29, 1.82) is 0 Å². The van der Waals surface area contributed by atoms with Gasteiger partial charge in [0.05, 0.1) is 5.56 Å². The molecule has 0 atom stereocenters. The van der Waals surface area contributed by atoms with Crippen LogP contribution in [0.4, 0.5) is 5.69 Å². The standard InChI is InChI=1S/C16H16BrNOS/c1-10-4-7-15(11(2)8-10)18(3)16(19)13-9-12(20)5-6-14(13)17/h4-9,20H,1-3H3. The molecule has 0 aliphatic carbocycles. The Balaban J connectivity index is 2.40. The smallest absolute Gasteiger partial charge is 0.259 e. The monoisotopic (exact) mass is 349 g/mol. The van der Waals surface area contributed by atoms with Crippen LogP contribution in [-0.2, 0) is 0 Å². The van der Waals surface area contributed by atoms with Crippen molar-refractivity contribution in [2.75, 3.05) is 11.9 Å². The fraction of sp³-hybridized carbons (Fsp3) is 0.188. The number of carbonyl (C=O) groups is 1. The van der Waals surface area contributed by atoms with Crippen LogP contribution in [0.2, 0.25) is 0 Å². The molecule has 0 aliphatic heterocycles. The molecule has 0 unspecified atom stereocenters. The van der Waals surface area contributed by atoms with Gasteiger partial charge in [-0.1, -0.05) is 17.7 Å². The summed E-state index contributed by atoms with van der Waals surface area (Å²) in [4.78, 5) is 15.1. The Morgan fingerprint density at radius 2 is 1.85 bits per heavy atom. The molecule has 0 saturated heterocycles. The Kier molecular flexibility index (Phi) is 4.55. The lowest BCUT2D eigenvalue weighted by molar-refractivity contribution is 0.0992. The maximum Gasteiger partial charge on any atom is 0.259 e. The summed E-state index contributed by atoms with van der Waals surface area (Å²) in [6.07, 6.45) is 0. The molecule has 0 N–H and O–H groups in total. The molecule has 0 radical (unpaired) electrons. The van der Waals surface area contributed by atoms with E-state index >= 15 is 0 Å². The average Bonchev–Trinajstić information content (AvgIpc) is 2.40. The van der Waals surface area contributed by atoms with Crippen LogP contribution in [0.25, 0.3) is 0 Å². The van der Waals surface area contributed by atoms with Gasteiger partial charge in [0.1, 0.15) is 0 Å². The summed E-state index contributed by atoms with van der Waals surface area (Å²) in [6, 6.07) is 11.5. The summed E-state index contributed by atoms with van der Waals surface area (Å²) in [5.41, 5.74) is 3.79. The second-order valence-electron chi connectivity index (χ2n) is 4.82. The first-order chi connectivity index (χ1) is 9.40. The number of carbonyl (C=O) groups excluding carboxylic acids is 1. The average molecular weight is 350 g/mol. The van der Waals surface area contributed by atoms with Gasteiger partial charge >= 0.3 is 0 Å². The van der Waals surface area contributed by atoms with E-state index < -0.39 is 0 Å². The predicted molar refractivity (Wildman–Crippen MR) is 90.0 cm³/mol. The fourth-order valence-corrected chi connectivity index (χ4v) is 2.77. The number of benzene rings is 2. The third-order valence-electron chi connectivity index (χ3n) is 3.20. The van der Waals surface area contributed by atoms with Crippen molar-refractivity contribution in [1.82, 2.24) is 0 Å². The first-order valence-electron chi connectivity index (χ1n) is 6.24. The SMILES string of the molecule is Cc1ccc(N(C)C(=O)c2cc(S)ccc2Br)c(C)c1. The Hall–Kier alpha value is -1.26. The third kappa shape index (κ3) is 3.07. The summed E-state index contributed by atoms with van der Waals surface area (Å²) in [5.74, 6) is -0.0558. The van der Waals surface area contributed by atoms with Gasteiger partial charge in [-0.15, -0.1) is 12.6 Å².